The minimum absolute atomic E-state index is 0.521. The van der Waals surface area contributed by atoms with Crippen LogP contribution in [0.3, 0.4) is 0 Å². The zero-order valence-corrected chi connectivity index (χ0v) is 9.72. The minimum atomic E-state index is 0.521. The SMILES string of the molecule is COc1cccc(OCc2ccc(N)cc2)c1. The maximum atomic E-state index is 5.65. The van der Waals surface area contributed by atoms with Crippen LogP contribution in [0.1, 0.15) is 5.56 Å². The van der Waals surface area contributed by atoms with Crippen molar-refractivity contribution in [2.24, 2.45) is 0 Å². The van der Waals surface area contributed by atoms with Gasteiger partial charge in [0.25, 0.3) is 0 Å². The van der Waals surface area contributed by atoms with Gasteiger partial charge in [-0.05, 0) is 29.8 Å². The first-order chi connectivity index (χ1) is 8.28. The van der Waals surface area contributed by atoms with E-state index in [1.54, 1.807) is 7.11 Å². The molecule has 0 aliphatic rings. The van der Waals surface area contributed by atoms with Crippen LogP contribution >= 0.6 is 0 Å². The molecule has 2 N–H and O–H groups in total. The van der Waals surface area contributed by atoms with Crippen LogP contribution in [0.2, 0.25) is 0 Å². The fourth-order valence-corrected chi connectivity index (χ4v) is 1.47. The predicted molar refractivity (Wildman–Crippen MR) is 68.2 cm³/mol. The lowest BCUT2D eigenvalue weighted by Crippen LogP contribution is -1.96. The molecule has 0 fully saturated rings. The van der Waals surface area contributed by atoms with Gasteiger partial charge in [0.2, 0.25) is 0 Å². The van der Waals surface area contributed by atoms with Crippen LogP contribution in [-0.2, 0) is 6.61 Å². The number of nitrogen functional groups attached to an aromatic ring is 1. The van der Waals surface area contributed by atoms with Crippen LogP contribution in [-0.4, -0.2) is 7.11 Å². The molecule has 0 heterocycles. The molecule has 0 bridgehead atoms. The molecule has 2 aromatic rings. The minimum Gasteiger partial charge on any atom is -0.497 e. The fourth-order valence-electron chi connectivity index (χ4n) is 1.47. The molecule has 0 unspecified atom stereocenters. The van der Waals surface area contributed by atoms with Crippen molar-refractivity contribution in [3.8, 4) is 11.5 Å². The molecule has 3 nitrogen and oxygen atoms in total. The summed E-state index contributed by atoms with van der Waals surface area (Å²) in [6.45, 7) is 0.521. The number of methoxy groups -OCH3 is 1. The first-order valence-electron chi connectivity index (χ1n) is 5.39. The number of rotatable bonds is 4. The van der Waals surface area contributed by atoms with Crippen LogP contribution in [0, 0.1) is 0 Å². The summed E-state index contributed by atoms with van der Waals surface area (Å²) in [5, 5.41) is 0. The molecular weight excluding hydrogens is 214 g/mol. The highest BCUT2D eigenvalue weighted by Crippen LogP contribution is 2.20. The summed E-state index contributed by atoms with van der Waals surface area (Å²) >= 11 is 0. The van der Waals surface area contributed by atoms with Gasteiger partial charge in [-0.1, -0.05) is 18.2 Å². The summed E-state index contributed by atoms with van der Waals surface area (Å²) in [6, 6.07) is 15.2. The van der Waals surface area contributed by atoms with Gasteiger partial charge in [-0.3, -0.25) is 0 Å². The van der Waals surface area contributed by atoms with Crippen molar-refractivity contribution in [2.75, 3.05) is 12.8 Å². The van der Waals surface area contributed by atoms with Gasteiger partial charge in [0.1, 0.15) is 18.1 Å². The second-order valence-corrected chi connectivity index (χ2v) is 3.71. The first-order valence-corrected chi connectivity index (χ1v) is 5.39. The highest BCUT2D eigenvalue weighted by atomic mass is 16.5. The smallest absolute Gasteiger partial charge is 0.123 e. The van der Waals surface area contributed by atoms with Gasteiger partial charge in [-0.2, -0.15) is 0 Å². The molecule has 17 heavy (non-hydrogen) atoms. The molecule has 0 amide bonds. The Morgan fingerprint density at radius 1 is 1.00 bits per heavy atom. The fraction of sp³-hybridized carbons (Fsp3) is 0.143. The Kier molecular flexibility index (Phi) is 3.50. The van der Waals surface area contributed by atoms with Crippen LogP contribution in [0.25, 0.3) is 0 Å². The molecule has 2 aromatic carbocycles. The number of ether oxygens (including phenoxy) is 2. The van der Waals surface area contributed by atoms with E-state index in [4.69, 9.17) is 15.2 Å². The van der Waals surface area contributed by atoms with E-state index in [0.29, 0.717) is 6.61 Å². The summed E-state index contributed by atoms with van der Waals surface area (Å²) in [5.41, 5.74) is 7.46. The highest BCUT2D eigenvalue weighted by Gasteiger charge is 1.98. The average molecular weight is 229 g/mol. The second kappa shape index (κ2) is 5.25. The van der Waals surface area contributed by atoms with Gasteiger partial charge in [0.05, 0.1) is 7.11 Å². The van der Waals surface area contributed by atoms with Gasteiger partial charge in [-0.15, -0.1) is 0 Å². The molecule has 0 atom stereocenters. The third kappa shape index (κ3) is 3.14. The predicted octanol–water partition coefficient (Wildman–Crippen LogP) is 2.86. The number of anilines is 1. The molecule has 88 valence electrons. The summed E-state index contributed by atoms with van der Waals surface area (Å²) < 4.78 is 10.8. The van der Waals surface area contributed by atoms with Gasteiger partial charge < -0.3 is 15.2 Å². The Bertz CT molecular complexity index is 480. The molecule has 0 radical (unpaired) electrons. The average Bonchev–Trinajstić information content (AvgIpc) is 2.38. The van der Waals surface area contributed by atoms with E-state index in [1.165, 1.54) is 0 Å². The Labute approximate surface area is 101 Å². The quantitative estimate of drug-likeness (QED) is 0.820. The van der Waals surface area contributed by atoms with E-state index in [0.717, 1.165) is 22.7 Å². The summed E-state index contributed by atoms with van der Waals surface area (Å²) in [4.78, 5) is 0. The van der Waals surface area contributed by atoms with Gasteiger partial charge in [0, 0.05) is 11.8 Å². The third-order valence-electron chi connectivity index (χ3n) is 2.43. The van der Waals surface area contributed by atoms with Crippen molar-refractivity contribution in [3.63, 3.8) is 0 Å². The molecule has 0 saturated heterocycles. The van der Waals surface area contributed by atoms with Crippen molar-refractivity contribution < 1.29 is 9.47 Å². The molecule has 0 aliphatic heterocycles. The van der Waals surface area contributed by atoms with Gasteiger partial charge in [-0.25, -0.2) is 0 Å². The largest absolute Gasteiger partial charge is 0.497 e. The monoisotopic (exact) mass is 229 g/mol. The molecule has 0 spiro atoms. The third-order valence-corrected chi connectivity index (χ3v) is 2.43. The van der Waals surface area contributed by atoms with Gasteiger partial charge >= 0.3 is 0 Å². The molecule has 2 rings (SSSR count). The van der Waals surface area contributed by atoms with E-state index >= 15 is 0 Å². The Balaban J connectivity index is 1.99. The van der Waals surface area contributed by atoms with Gasteiger partial charge in [0.15, 0.2) is 0 Å². The van der Waals surface area contributed by atoms with E-state index in [-0.39, 0.29) is 0 Å². The standard InChI is InChI=1S/C14H15NO2/c1-16-13-3-2-4-14(9-13)17-10-11-5-7-12(15)8-6-11/h2-9H,10,15H2,1H3. The first kappa shape index (κ1) is 11.3. The summed E-state index contributed by atoms with van der Waals surface area (Å²) in [7, 11) is 1.64. The molecule has 3 heteroatoms. The zero-order chi connectivity index (χ0) is 12.1. The maximum Gasteiger partial charge on any atom is 0.123 e. The van der Waals surface area contributed by atoms with Crippen molar-refractivity contribution in [3.05, 3.63) is 54.1 Å². The van der Waals surface area contributed by atoms with E-state index in [1.807, 2.05) is 48.5 Å². The molecule has 0 saturated carbocycles. The van der Waals surface area contributed by atoms with Crippen molar-refractivity contribution >= 4 is 5.69 Å². The van der Waals surface area contributed by atoms with Crippen LogP contribution in [0.15, 0.2) is 48.5 Å². The van der Waals surface area contributed by atoms with E-state index in [2.05, 4.69) is 0 Å². The lowest BCUT2D eigenvalue weighted by Gasteiger charge is -2.07. The maximum absolute atomic E-state index is 5.65. The van der Waals surface area contributed by atoms with E-state index < -0.39 is 0 Å². The molecule has 0 aromatic heterocycles. The summed E-state index contributed by atoms with van der Waals surface area (Å²) in [5.74, 6) is 1.58. The highest BCUT2D eigenvalue weighted by molar-refractivity contribution is 5.39. The van der Waals surface area contributed by atoms with Crippen LogP contribution < -0.4 is 15.2 Å². The number of hydrogen-bond donors (Lipinski definition) is 1. The number of benzene rings is 2. The number of hydrogen-bond acceptors (Lipinski definition) is 3. The van der Waals surface area contributed by atoms with E-state index in [9.17, 15) is 0 Å². The summed E-state index contributed by atoms with van der Waals surface area (Å²) in [6.07, 6.45) is 0. The lowest BCUT2D eigenvalue weighted by atomic mass is 10.2. The number of nitrogens with two attached hydrogens (primary N) is 1. The lowest BCUT2D eigenvalue weighted by molar-refractivity contribution is 0.303. The van der Waals surface area contributed by atoms with Crippen LogP contribution in [0.4, 0.5) is 5.69 Å². The van der Waals surface area contributed by atoms with Crippen molar-refractivity contribution in [2.45, 2.75) is 6.61 Å². The Hall–Kier alpha value is -2.16. The Morgan fingerprint density at radius 2 is 1.71 bits per heavy atom. The Morgan fingerprint density at radius 3 is 2.41 bits per heavy atom. The van der Waals surface area contributed by atoms with Crippen molar-refractivity contribution in [1.82, 2.24) is 0 Å². The van der Waals surface area contributed by atoms with Crippen LogP contribution in [0.5, 0.6) is 11.5 Å². The molecular formula is C14H15NO2. The van der Waals surface area contributed by atoms with Crippen molar-refractivity contribution in [1.29, 1.82) is 0 Å². The normalized spacial score (nSPS) is 9.94. The topological polar surface area (TPSA) is 44.5 Å². The molecule has 0 aliphatic carbocycles. The zero-order valence-electron chi connectivity index (χ0n) is 9.72. The second-order valence-electron chi connectivity index (χ2n) is 3.71.